The number of carbonyl (C=O) groups is 3. The monoisotopic (exact) mass is 282 g/mol. The molecule has 7 heteroatoms. The zero-order valence-corrected chi connectivity index (χ0v) is 12.2. The van der Waals surface area contributed by atoms with Gasteiger partial charge in [-0.1, -0.05) is 0 Å². The lowest BCUT2D eigenvalue weighted by Gasteiger charge is -2.32. The van der Waals surface area contributed by atoms with E-state index in [0.717, 1.165) is 19.4 Å². The molecular formula is C13H22N4O3. The van der Waals surface area contributed by atoms with E-state index >= 15 is 0 Å². The highest BCUT2D eigenvalue weighted by Gasteiger charge is 2.46. The number of piperidine rings is 1. The molecule has 2 unspecified atom stereocenters. The van der Waals surface area contributed by atoms with Crippen LogP contribution in [-0.4, -0.2) is 53.5 Å². The molecule has 4 amide bonds. The van der Waals surface area contributed by atoms with Crippen molar-refractivity contribution in [3.8, 4) is 0 Å². The second-order valence-electron chi connectivity index (χ2n) is 5.96. The largest absolute Gasteiger partial charge is 0.350 e. The minimum absolute atomic E-state index is 0.0701. The van der Waals surface area contributed by atoms with Crippen molar-refractivity contribution in [3.63, 3.8) is 0 Å². The second-order valence-corrected chi connectivity index (χ2v) is 5.96. The third-order valence-corrected chi connectivity index (χ3v) is 4.11. The van der Waals surface area contributed by atoms with Crippen LogP contribution >= 0.6 is 0 Å². The number of nitrogens with zero attached hydrogens (tertiary/aromatic N) is 1. The number of carbonyl (C=O) groups excluding carboxylic acids is 3. The third-order valence-electron chi connectivity index (χ3n) is 4.11. The van der Waals surface area contributed by atoms with Gasteiger partial charge in [0.25, 0.3) is 5.91 Å². The van der Waals surface area contributed by atoms with Crippen LogP contribution in [0.3, 0.4) is 0 Å². The molecule has 0 spiro atoms. The van der Waals surface area contributed by atoms with Crippen LogP contribution in [-0.2, 0) is 9.59 Å². The van der Waals surface area contributed by atoms with Gasteiger partial charge in [0.2, 0.25) is 5.91 Å². The van der Waals surface area contributed by atoms with E-state index in [-0.39, 0.29) is 30.4 Å². The Bertz CT molecular complexity index is 435. The van der Waals surface area contributed by atoms with E-state index in [1.54, 1.807) is 13.8 Å². The summed E-state index contributed by atoms with van der Waals surface area (Å²) in [6.45, 7) is 6.15. The highest BCUT2D eigenvalue weighted by molar-refractivity contribution is 6.07. The predicted molar refractivity (Wildman–Crippen MR) is 73.0 cm³/mol. The number of hydrogen-bond donors (Lipinski definition) is 3. The topological polar surface area (TPSA) is 90.5 Å². The summed E-state index contributed by atoms with van der Waals surface area (Å²) in [7, 11) is 0. The fourth-order valence-corrected chi connectivity index (χ4v) is 2.60. The molecule has 2 aliphatic rings. The summed E-state index contributed by atoms with van der Waals surface area (Å²) in [5.74, 6) is -0.605. The molecule has 2 saturated heterocycles. The third kappa shape index (κ3) is 2.77. The molecule has 7 nitrogen and oxygen atoms in total. The van der Waals surface area contributed by atoms with Crippen LogP contribution in [0.5, 0.6) is 0 Å². The fourth-order valence-electron chi connectivity index (χ4n) is 2.60. The van der Waals surface area contributed by atoms with E-state index in [1.165, 1.54) is 4.90 Å². The molecule has 2 fully saturated rings. The quantitative estimate of drug-likeness (QED) is 0.613. The van der Waals surface area contributed by atoms with Gasteiger partial charge in [0, 0.05) is 12.1 Å². The lowest BCUT2D eigenvalue weighted by molar-refractivity contribution is -0.127. The minimum atomic E-state index is -0.981. The SMILES string of the molecule is CC1NCCCC1NC(=O)CN1C(=O)NC(=O)C1(C)C. The van der Waals surface area contributed by atoms with E-state index in [0.29, 0.717) is 0 Å². The fraction of sp³-hybridized carbons (Fsp3) is 0.769. The van der Waals surface area contributed by atoms with E-state index in [2.05, 4.69) is 16.0 Å². The Balaban J connectivity index is 1.94. The summed E-state index contributed by atoms with van der Waals surface area (Å²) in [4.78, 5) is 36.7. The van der Waals surface area contributed by atoms with Crippen molar-refractivity contribution in [2.24, 2.45) is 0 Å². The van der Waals surface area contributed by atoms with Crippen LogP contribution < -0.4 is 16.0 Å². The Kier molecular flexibility index (Phi) is 3.99. The van der Waals surface area contributed by atoms with Crippen molar-refractivity contribution < 1.29 is 14.4 Å². The minimum Gasteiger partial charge on any atom is -0.350 e. The van der Waals surface area contributed by atoms with Gasteiger partial charge in [0.05, 0.1) is 0 Å². The van der Waals surface area contributed by atoms with Crippen molar-refractivity contribution in [2.75, 3.05) is 13.1 Å². The van der Waals surface area contributed by atoms with Gasteiger partial charge >= 0.3 is 6.03 Å². The highest BCUT2D eigenvalue weighted by atomic mass is 16.2. The first-order chi connectivity index (χ1) is 9.32. The van der Waals surface area contributed by atoms with E-state index in [9.17, 15) is 14.4 Å². The van der Waals surface area contributed by atoms with Crippen LogP contribution in [0.4, 0.5) is 4.79 Å². The van der Waals surface area contributed by atoms with Crippen LogP contribution in [0, 0.1) is 0 Å². The average molecular weight is 282 g/mol. The van der Waals surface area contributed by atoms with Crippen LogP contribution in [0.2, 0.25) is 0 Å². The van der Waals surface area contributed by atoms with Crippen molar-refractivity contribution in [1.82, 2.24) is 20.9 Å². The van der Waals surface area contributed by atoms with E-state index in [1.807, 2.05) is 6.92 Å². The van der Waals surface area contributed by atoms with Gasteiger partial charge in [-0.25, -0.2) is 4.79 Å². The number of hydrogen-bond acceptors (Lipinski definition) is 4. The standard InChI is InChI=1S/C13H22N4O3/c1-8-9(5-4-6-14-8)15-10(18)7-17-12(20)16-11(19)13(17,2)3/h8-9,14H,4-7H2,1-3H3,(H,15,18)(H,16,19,20). The molecule has 0 aliphatic carbocycles. The molecule has 0 aromatic rings. The summed E-state index contributed by atoms with van der Waals surface area (Å²) < 4.78 is 0. The van der Waals surface area contributed by atoms with Gasteiger partial charge in [0.1, 0.15) is 12.1 Å². The summed E-state index contributed by atoms with van der Waals surface area (Å²) in [5, 5.41) is 8.47. The Labute approximate surface area is 118 Å². The van der Waals surface area contributed by atoms with Crippen LogP contribution in [0.1, 0.15) is 33.6 Å². The van der Waals surface area contributed by atoms with Gasteiger partial charge in [-0.15, -0.1) is 0 Å². The number of urea groups is 1. The van der Waals surface area contributed by atoms with Gasteiger partial charge in [-0.2, -0.15) is 0 Å². The lowest BCUT2D eigenvalue weighted by Crippen LogP contribution is -2.55. The number of amides is 4. The molecule has 0 aromatic heterocycles. The van der Waals surface area contributed by atoms with Gasteiger partial charge < -0.3 is 15.5 Å². The number of imide groups is 1. The molecule has 2 atom stereocenters. The lowest BCUT2D eigenvalue weighted by atomic mass is 10.00. The maximum Gasteiger partial charge on any atom is 0.325 e. The van der Waals surface area contributed by atoms with Crippen molar-refractivity contribution >= 4 is 17.8 Å². The van der Waals surface area contributed by atoms with E-state index in [4.69, 9.17) is 0 Å². The molecule has 2 aliphatic heterocycles. The van der Waals surface area contributed by atoms with Crippen LogP contribution in [0.25, 0.3) is 0 Å². The summed E-state index contributed by atoms with van der Waals surface area (Å²) in [6.07, 6.45) is 1.94. The molecule has 2 heterocycles. The Morgan fingerprint density at radius 1 is 1.45 bits per heavy atom. The molecule has 20 heavy (non-hydrogen) atoms. The Morgan fingerprint density at radius 3 is 2.70 bits per heavy atom. The maximum absolute atomic E-state index is 12.1. The second kappa shape index (κ2) is 5.40. The number of rotatable bonds is 3. The molecule has 0 saturated carbocycles. The predicted octanol–water partition coefficient (Wildman–Crippen LogP) is -0.426. The Morgan fingerprint density at radius 2 is 2.15 bits per heavy atom. The normalized spacial score (nSPS) is 29.2. The summed E-state index contributed by atoms with van der Waals surface area (Å²) >= 11 is 0. The van der Waals surface area contributed by atoms with E-state index < -0.39 is 11.6 Å². The average Bonchev–Trinajstić information content (AvgIpc) is 2.55. The number of nitrogens with one attached hydrogen (secondary N) is 3. The van der Waals surface area contributed by atoms with Crippen molar-refractivity contribution in [1.29, 1.82) is 0 Å². The van der Waals surface area contributed by atoms with Crippen molar-refractivity contribution in [3.05, 3.63) is 0 Å². The molecular weight excluding hydrogens is 260 g/mol. The first kappa shape index (κ1) is 14.8. The zero-order valence-electron chi connectivity index (χ0n) is 12.2. The molecule has 0 bridgehead atoms. The first-order valence-electron chi connectivity index (χ1n) is 6.98. The zero-order chi connectivity index (χ0) is 14.9. The Hall–Kier alpha value is -1.63. The molecule has 2 rings (SSSR count). The van der Waals surface area contributed by atoms with Crippen LogP contribution in [0.15, 0.2) is 0 Å². The molecule has 3 N–H and O–H groups in total. The van der Waals surface area contributed by atoms with Gasteiger partial charge in [-0.3, -0.25) is 14.9 Å². The highest BCUT2D eigenvalue weighted by Crippen LogP contribution is 2.20. The van der Waals surface area contributed by atoms with Gasteiger partial charge in [-0.05, 0) is 40.2 Å². The first-order valence-corrected chi connectivity index (χ1v) is 6.98. The van der Waals surface area contributed by atoms with Gasteiger partial charge in [0.15, 0.2) is 0 Å². The smallest absolute Gasteiger partial charge is 0.325 e. The van der Waals surface area contributed by atoms with Crippen molar-refractivity contribution in [2.45, 2.75) is 51.2 Å². The molecule has 0 aromatic carbocycles. The summed E-state index contributed by atoms with van der Waals surface area (Å²) in [6, 6.07) is -0.222. The molecule has 0 radical (unpaired) electrons. The summed E-state index contributed by atoms with van der Waals surface area (Å²) in [5.41, 5.74) is -0.981. The molecule has 112 valence electrons. The maximum atomic E-state index is 12.1.